The lowest BCUT2D eigenvalue weighted by Gasteiger charge is -2.35. The van der Waals surface area contributed by atoms with Crippen LogP contribution in [0.2, 0.25) is 0 Å². The van der Waals surface area contributed by atoms with Gasteiger partial charge in [0.15, 0.2) is 0 Å². The molecule has 1 aromatic heterocycles. The van der Waals surface area contributed by atoms with E-state index in [-0.39, 0.29) is 12.6 Å². The molecule has 8 nitrogen and oxygen atoms in total. The van der Waals surface area contributed by atoms with Gasteiger partial charge in [-0.1, -0.05) is 30.3 Å². The first-order valence-electron chi connectivity index (χ1n) is 10.5. The van der Waals surface area contributed by atoms with Crippen molar-refractivity contribution in [1.29, 1.82) is 0 Å². The number of hydrogen-bond donors (Lipinski definition) is 0. The summed E-state index contributed by atoms with van der Waals surface area (Å²) >= 11 is 0. The average molecular weight is 425 g/mol. The lowest BCUT2D eigenvalue weighted by atomic mass is 9.83. The standard InChI is InChI=1S/C23H28N4O4/c1-5-30-22(28)17-15(2)31-21-19(18(17)16-9-7-6-8-10-16)20(24-23(25-21)26(3)4)27-11-13-29-14-12-27/h6-10,18H,5,11-14H2,1-4H3. The number of esters is 1. The Hall–Kier alpha value is -3.13. The van der Waals surface area contributed by atoms with Gasteiger partial charge in [-0.25, -0.2) is 4.79 Å². The van der Waals surface area contributed by atoms with Crippen LogP contribution in [0.25, 0.3) is 0 Å². The Morgan fingerprint density at radius 1 is 1.19 bits per heavy atom. The third-order valence-electron chi connectivity index (χ3n) is 5.42. The minimum atomic E-state index is -0.391. The normalized spacial score (nSPS) is 18.3. The highest BCUT2D eigenvalue weighted by atomic mass is 16.5. The molecular weight excluding hydrogens is 396 g/mol. The van der Waals surface area contributed by atoms with Crippen LogP contribution in [0.15, 0.2) is 41.7 Å². The largest absolute Gasteiger partial charge is 0.463 e. The second-order valence-electron chi connectivity index (χ2n) is 7.70. The van der Waals surface area contributed by atoms with Gasteiger partial charge in [0.2, 0.25) is 11.8 Å². The molecule has 0 N–H and O–H groups in total. The summed E-state index contributed by atoms with van der Waals surface area (Å²) in [5, 5.41) is 0. The molecule has 8 heteroatoms. The van der Waals surface area contributed by atoms with Crippen molar-refractivity contribution < 1.29 is 19.0 Å². The minimum absolute atomic E-state index is 0.288. The van der Waals surface area contributed by atoms with Crippen molar-refractivity contribution in [1.82, 2.24) is 9.97 Å². The Morgan fingerprint density at radius 2 is 1.90 bits per heavy atom. The van der Waals surface area contributed by atoms with Gasteiger partial charge in [-0.3, -0.25) is 0 Å². The molecule has 164 valence electrons. The highest BCUT2D eigenvalue weighted by molar-refractivity contribution is 5.93. The van der Waals surface area contributed by atoms with Gasteiger partial charge in [0.25, 0.3) is 0 Å². The summed E-state index contributed by atoms with van der Waals surface area (Å²) in [6, 6.07) is 9.90. The van der Waals surface area contributed by atoms with E-state index in [1.165, 1.54) is 0 Å². The summed E-state index contributed by atoms with van der Waals surface area (Å²) in [4.78, 5) is 26.6. The molecule has 0 radical (unpaired) electrons. The summed E-state index contributed by atoms with van der Waals surface area (Å²) in [7, 11) is 3.80. The fourth-order valence-corrected chi connectivity index (χ4v) is 3.97. The number of nitrogens with zero attached hydrogens (tertiary/aromatic N) is 4. The zero-order valence-corrected chi connectivity index (χ0v) is 18.4. The van der Waals surface area contributed by atoms with E-state index in [1.807, 2.05) is 49.3 Å². The Labute approximate surface area is 182 Å². The molecule has 0 amide bonds. The molecule has 1 fully saturated rings. The molecule has 0 bridgehead atoms. The van der Waals surface area contributed by atoms with Crippen molar-refractivity contribution in [3.8, 4) is 5.88 Å². The molecule has 0 aliphatic carbocycles. The number of allylic oxidation sites excluding steroid dienone is 1. The molecule has 0 saturated carbocycles. The maximum absolute atomic E-state index is 13.0. The molecule has 3 heterocycles. The highest BCUT2D eigenvalue weighted by Gasteiger charge is 2.39. The van der Waals surface area contributed by atoms with Gasteiger partial charge < -0.3 is 24.0 Å². The van der Waals surface area contributed by atoms with E-state index in [2.05, 4.69) is 9.88 Å². The van der Waals surface area contributed by atoms with Crippen LogP contribution in [0.4, 0.5) is 11.8 Å². The number of ether oxygens (including phenoxy) is 3. The molecule has 1 unspecified atom stereocenters. The van der Waals surface area contributed by atoms with Crippen molar-refractivity contribution in [2.45, 2.75) is 19.8 Å². The van der Waals surface area contributed by atoms with Gasteiger partial charge in [-0.05, 0) is 19.4 Å². The van der Waals surface area contributed by atoms with E-state index >= 15 is 0 Å². The molecule has 2 aliphatic rings. The second kappa shape index (κ2) is 8.93. The lowest BCUT2D eigenvalue weighted by molar-refractivity contribution is -0.139. The summed E-state index contributed by atoms with van der Waals surface area (Å²) in [5.74, 6) is 1.51. The Morgan fingerprint density at radius 3 is 2.55 bits per heavy atom. The Kier molecular flexibility index (Phi) is 6.08. The van der Waals surface area contributed by atoms with E-state index in [0.717, 1.165) is 16.9 Å². The monoisotopic (exact) mass is 424 g/mol. The summed E-state index contributed by atoms with van der Waals surface area (Å²) in [6.45, 7) is 6.52. The maximum atomic E-state index is 13.0. The van der Waals surface area contributed by atoms with Gasteiger partial charge >= 0.3 is 5.97 Å². The number of anilines is 2. The molecule has 4 rings (SSSR count). The third kappa shape index (κ3) is 4.07. The average Bonchev–Trinajstić information content (AvgIpc) is 2.78. The molecule has 2 aliphatic heterocycles. The molecule has 31 heavy (non-hydrogen) atoms. The maximum Gasteiger partial charge on any atom is 0.338 e. The summed E-state index contributed by atoms with van der Waals surface area (Å²) in [5.41, 5.74) is 2.23. The number of hydrogen-bond acceptors (Lipinski definition) is 8. The van der Waals surface area contributed by atoms with Gasteiger partial charge in [-0.2, -0.15) is 9.97 Å². The number of carbonyl (C=O) groups is 1. The van der Waals surface area contributed by atoms with E-state index < -0.39 is 5.92 Å². The molecule has 1 saturated heterocycles. The first-order chi connectivity index (χ1) is 15.0. The van der Waals surface area contributed by atoms with Crippen LogP contribution < -0.4 is 14.5 Å². The van der Waals surface area contributed by atoms with Gasteiger partial charge in [0, 0.05) is 27.2 Å². The van der Waals surface area contributed by atoms with Crippen LogP contribution in [0, 0.1) is 0 Å². The van der Waals surface area contributed by atoms with Gasteiger partial charge in [0.05, 0.1) is 36.9 Å². The van der Waals surface area contributed by atoms with Crippen LogP contribution in [-0.2, 0) is 14.3 Å². The van der Waals surface area contributed by atoms with Crippen LogP contribution in [-0.4, -0.2) is 62.9 Å². The summed E-state index contributed by atoms with van der Waals surface area (Å²) in [6.07, 6.45) is 0. The smallest absolute Gasteiger partial charge is 0.338 e. The topological polar surface area (TPSA) is 77.0 Å². The number of carbonyl (C=O) groups excluding carboxylic acids is 1. The highest BCUT2D eigenvalue weighted by Crippen LogP contribution is 2.47. The van der Waals surface area contributed by atoms with Crippen molar-refractivity contribution in [3.05, 3.63) is 52.8 Å². The number of rotatable bonds is 5. The van der Waals surface area contributed by atoms with Gasteiger partial charge in [0.1, 0.15) is 11.6 Å². The van der Waals surface area contributed by atoms with Crippen LogP contribution >= 0.6 is 0 Å². The predicted molar refractivity (Wildman–Crippen MR) is 118 cm³/mol. The number of benzene rings is 1. The number of aromatic nitrogens is 2. The van der Waals surface area contributed by atoms with Crippen molar-refractivity contribution in [2.24, 2.45) is 0 Å². The minimum Gasteiger partial charge on any atom is -0.463 e. The van der Waals surface area contributed by atoms with Crippen LogP contribution in [0.5, 0.6) is 5.88 Å². The fraction of sp³-hybridized carbons (Fsp3) is 0.435. The number of fused-ring (bicyclic) bond motifs is 1. The lowest BCUT2D eigenvalue weighted by Crippen LogP contribution is -2.39. The fourth-order valence-electron chi connectivity index (χ4n) is 3.97. The van der Waals surface area contributed by atoms with E-state index in [4.69, 9.17) is 19.2 Å². The molecule has 2 aromatic rings. The Balaban J connectivity index is 1.95. The SMILES string of the molecule is CCOC(=O)C1=C(C)Oc2nc(N(C)C)nc(N3CCOCC3)c2C1c1ccccc1. The Bertz CT molecular complexity index is 985. The predicted octanol–water partition coefficient (Wildman–Crippen LogP) is 2.74. The molecule has 1 aromatic carbocycles. The zero-order chi connectivity index (χ0) is 22.0. The van der Waals surface area contributed by atoms with Crippen molar-refractivity contribution in [2.75, 3.05) is 56.8 Å². The van der Waals surface area contributed by atoms with E-state index in [1.54, 1.807) is 13.8 Å². The first-order valence-corrected chi connectivity index (χ1v) is 10.5. The van der Waals surface area contributed by atoms with Gasteiger partial charge in [-0.15, -0.1) is 0 Å². The molecular formula is C23H28N4O4. The number of morpholine rings is 1. The third-order valence-corrected chi connectivity index (χ3v) is 5.42. The quantitative estimate of drug-likeness (QED) is 0.678. The van der Waals surface area contributed by atoms with Crippen molar-refractivity contribution in [3.63, 3.8) is 0 Å². The molecule has 1 atom stereocenters. The molecule has 0 spiro atoms. The van der Waals surface area contributed by atoms with Crippen LogP contribution in [0.1, 0.15) is 30.9 Å². The van der Waals surface area contributed by atoms with Crippen molar-refractivity contribution >= 4 is 17.7 Å². The zero-order valence-electron chi connectivity index (χ0n) is 18.4. The first kappa shape index (κ1) is 21.1. The second-order valence-corrected chi connectivity index (χ2v) is 7.70. The van der Waals surface area contributed by atoms with E-state index in [0.29, 0.717) is 49.5 Å². The van der Waals surface area contributed by atoms with E-state index in [9.17, 15) is 4.79 Å². The summed E-state index contributed by atoms with van der Waals surface area (Å²) < 4.78 is 17.1. The van der Waals surface area contributed by atoms with Crippen LogP contribution in [0.3, 0.4) is 0 Å².